The third-order valence-corrected chi connectivity index (χ3v) is 3.80. The molecule has 1 aromatic carbocycles. The van der Waals surface area contributed by atoms with E-state index in [2.05, 4.69) is 38.7 Å². The lowest BCUT2D eigenvalue weighted by Crippen LogP contribution is -2.00. The second-order valence-electron chi connectivity index (χ2n) is 5.35. The second kappa shape index (κ2) is 4.80. The van der Waals surface area contributed by atoms with Gasteiger partial charge in [-0.25, -0.2) is 4.68 Å². The smallest absolute Gasteiger partial charge is 0.237 e. The molecule has 0 spiro atoms. The van der Waals surface area contributed by atoms with E-state index >= 15 is 0 Å². The third-order valence-electron chi connectivity index (χ3n) is 3.80. The molecule has 2 aromatic heterocycles. The quantitative estimate of drug-likeness (QED) is 0.736. The minimum Gasteiger partial charge on any atom is -0.424 e. The molecule has 3 aromatic rings. The molecule has 0 aliphatic heterocycles. The van der Waals surface area contributed by atoms with Gasteiger partial charge in [-0.15, -0.1) is 15.3 Å². The highest BCUT2D eigenvalue weighted by Gasteiger charge is 2.13. The molecule has 0 amide bonds. The van der Waals surface area contributed by atoms with Crippen molar-refractivity contribution in [1.29, 1.82) is 0 Å². The lowest BCUT2D eigenvalue weighted by Gasteiger charge is -2.01. The summed E-state index contributed by atoms with van der Waals surface area (Å²) in [4.78, 5) is 0. The molecule has 0 unspecified atom stereocenters. The summed E-state index contributed by atoms with van der Waals surface area (Å²) in [6.07, 6.45) is 5.52. The molecule has 0 saturated carbocycles. The first-order valence-electron chi connectivity index (χ1n) is 7.09. The van der Waals surface area contributed by atoms with Crippen molar-refractivity contribution in [2.45, 2.75) is 32.7 Å². The number of aromatic nitrogens is 5. The van der Waals surface area contributed by atoms with Crippen molar-refractivity contribution in [2.75, 3.05) is 0 Å². The van der Waals surface area contributed by atoms with Crippen LogP contribution < -0.4 is 0 Å². The van der Waals surface area contributed by atoms with Crippen molar-refractivity contribution in [2.24, 2.45) is 0 Å². The fourth-order valence-electron chi connectivity index (χ4n) is 2.78. The van der Waals surface area contributed by atoms with Crippen molar-refractivity contribution < 1.29 is 4.42 Å². The largest absolute Gasteiger partial charge is 0.424 e. The third kappa shape index (κ3) is 2.33. The molecule has 0 radical (unpaired) electrons. The molecule has 1 aliphatic carbocycles. The molecular formula is C15H15N5O. The van der Waals surface area contributed by atoms with Crippen LogP contribution in [0.3, 0.4) is 0 Å². The van der Waals surface area contributed by atoms with Gasteiger partial charge in [-0.05, 0) is 36.5 Å². The van der Waals surface area contributed by atoms with Crippen LogP contribution in [0.4, 0.5) is 0 Å². The van der Waals surface area contributed by atoms with Crippen molar-refractivity contribution in [1.82, 2.24) is 25.2 Å². The average molecular weight is 281 g/mol. The summed E-state index contributed by atoms with van der Waals surface area (Å²) >= 11 is 0. The summed E-state index contributed by atoms with van der Waals surface area (Å²) in [6.45, 7) is 2.21. The van der Waals surface area contributed by atoms with E-state index in [1.165, 1.54) is 30.4 Å². The molecule has 2 heterocycles. The highest BCUT2D eigenvalue weighted by atomic mass is 16.4. The summed E-state index contributed by atoms with van der Waals surface area (Å²) < 4.78 is 7.07. The normalized spacial score (nSPS) is 13.6. The van der Waals surface area contributed by atoms with Crippen LogP contribution in [0.25, 0.3) is 11.3 Å². The van der Waals surface area contributed by atoms with E-state index in [9.17, 15) is 0 Å². The zero-order chi connectivity index (χ0) is 14.2. The van der Waals surface area contributed by atoms with Gasteiger partial charge in [-0.3, -0.25) is 0 Å². The maximum atomic E-state index is 5.35. The highest BCUT2D eigenvalue weighted by Crippen LogP contribution is 2.26. The molecule has 0 bridgehead atoms. The van der Waals surface area contributed by atoms with Gasteiger partial charge >= 0.3 is 0 Å². The highest BCUT2D eigenvalue weighted by molar-refractivity contribution is 5.60. The Morgan fingerprint density at radius 3 is 2.90 bits per heavy atom. The van der Waals surface area contributed by atoms with Crippen LogP contribution in [0.1, 0.15) is 29.3 Å². The van der Waals surface area contributed by atoms with Crippen LogP contribution in [0.5, 0.6) is 0 Å². The van der Waals surface area contributed by atoms with Gasteiger partial charge in [-0.2, -0.15) is 0 Å². The lowest BCUT2D eigenvalue weighted by atomic mass is 10.1. The number of aryl methyl sites for hydroxylation is 3. The number of nitrogens with zero attached hydrogens (tertiary/aromatic N) is 5. The molecule has 106 valence electrons. The van der Waals surface area contributed by atoms with Gasteiger partial charge in [0.15, 0.2) is 0 Å². The van der Waals surface area contributed by atoms with E-state index < -0.39 is 0 Å². The van der Waals surface area contributed by atoms with Crippen LogP contribution in [0.2, 0.25) is 0 Å². The Morgan fingerprint density at radius 1 is 1.14 bits per heavy atom. The molecule has 21 heavy (non-hydrogen) atoms. The van der Waals surface area contributed by atoms with Crippen molar-refractivity contribution in [3.8, 4) is 11.3 Å². The van der Waals surface area contributed by atoms with Gasteiger partial charge in [0.1, 0.15) is 12.2 Å². The zero-order valence-corrected chi connectivity index (χ0v) is 11.8. The monoisotopic (exact) mass is 281 g/mol. The van der Waals surface area contributed by atoms with Crippen molar-refractivity contribution >= 4 is 0 Å². The average Bonchev–Trinajstić information content (AvgIpc) is 3.19. The molecule has 0 saturated heterocycles. The Morgan fingerprint density at radius 2 is 2.05 bits per heavy atom. The van der Waals surface area contributed by atoms with Crippen LogP contribution in [-0.4, -0.2) is 25.2 Å². The lowest BCUT2D eigenvalue weighted by molar-refractivity contribution is 0.441. The first kappa shape index (κ1) is 12.3. The Bertz CT molecular complexity index is 789. The van der Waals surface area contributed by atoms with Crippen molar-refractivity contribution in [3.63, 3.8) is 0 Å². The van der Waals surface area contributed by atoms with Gasteiger partial charge in [0.2, 0.25) is 11.8 Å². The summed E-state index contributed by atoms with van der Waals surface area (Å²) in [5.41, 5.74) is 4.89. The van der Waals surface area contributed by atoms with E-state index in [-0.39, 0.29) is 0 Å². The molecule has 4 rings (SSSR count). The van der Waals surface area contributed by atoms with Crippen LogP contribution >= 0.6 is 0 Å². The van der Waals surface area contributed by atoms with E-state index in [4.69, 9.17) is 4.42 Å². The van der Waals surface area contributed by atoms with E-state index in [0.717, 1.165) is 11.3 Å². The summed E-state index contributed by atoms with van der Waals surface area (Å²) in [6, 6.07) is 6.56. The number of hydrogen-bond acceptors (Lipinski definition) is 5. The van der Waals surface area contributed by atoms with Gasteiger partial charge in [0, 0.05) is 12.5 Å². The van der Waals surface area contributed by atoms with Gasteiger partial charge in [0.25, 0.3) is 0 Å². The predicted octanol–water partition coefficient (Wildman–Crippen LogP) is 2.17. The second-order valence-corrected chi connectivity index (χ2v) is 5.35. The SMILES string of the molecule is Cc1nnc(Cn2cc(-c3ccc4c(c3)CCC4)nn2)o1. The van der Waals surface area contributed by atoms with E-state index in [0.29, 0.717) is 18.3 Å². The van der Waals surface area contributed by atoms with Crippen LogP contribution in [0, 0.1) is 6.92 Å². The predicted molar refractivity (Wildman–Crippen MR) is 75.6 cm³/mol. The van der Waals surface area contributed by atoms with Gasteiger partial charge in [0.05, 0.1) is 6.20 Å². The Balaban J connectivity index is 1.59. The Kier molecular flexibility index (Phi) is 2.80. The van der Waals surface area contributed by atoms with E-state index in [1.807, 2.05) is 6.20 Å². The molecule has 6 nitrogen and oxygen atoms in total. The minimum absolute atomic E-state index is 0.443. The van der Waals surface area contributed by atoms with Crippen LogP contribution in [-0.2, 0) is 19.4 Å². The minimum atomic E-state index is 0.443. The standard InChI is InChI=1S/C15H15N5O/c1-10-16-18-15(21-10)9-20-8-14(17-19-20)13-6-5-11-3-2-4-12(11)7-13/h5-8H,2-4,9H2,1H3. The molecule has 0 atom stereocenters. The Labute approximate surface area is 121 Å². The first-order valence-corrected chi connectivity index (χ1v) is 7.09. The number of benzene rings is 1. The van der Waals surface area contributed by atoms with E-state index in [1.54, 1.807) is 11.6 Å². The maximum Gasteiger partial charge on any atom is 0.237 e. The Hall–Kier alpha value is -2.50. The molecule has 0 fully saturated rings. The molecule has 6 heteroatoms. The summed E-state index contributed by atoms with van der Waals surface area (Å²) in [7, 11) is 0. The van der Waals surface area contributed by atoms with Crippen molar-refractivity contribution in [3.05, 3.63) is 47.3 Å². The number of rotatable bonds is 3. The molecule has 0 N–H and O–H groups in total. The topological polar surface area (TPSA) is 69.6 Å². The zero-order valence-electron chi connectivity index (χ0n) is 11.8. The fourth-order valence-corrected chi connectivity index (χ4v) is 2.78. The summed E-state index contributed by atoms with van der Waals surface area (Å²) in [5.74, 6) is 1.10. The maximum absolute atomic E-state index is 5.35. The summed E-state index contributed by atoms with van der Waals surface area (Å²) in [5, 5.41) is 16.1. The first-order chi connectivity index (χ1) is 10.3. The number of fused-ring (bicyclic) bond motifs is 1. The molecular weight excluding hydrogens is 266 g/mol. The molecule has 1 aliphatic rings. The van der Waals surface area contributed by atoms with Gasteiger partial charge in [-0.1, -0.05) is 17.3 Å². The van der Waals surface area contributed by atoms with Crippen LogP contribution in [0.15, 0.2) is 28.8 Å². The van der Waals surface area contributed by atoms with Gasteiger partial charge < -0.3 is 4.42 Å². The number of hydrogen-bond donors (Lipinski definition) is 0. The fraction of sp³-hybridized carbons (Fsp3) is 0.333.